The summed E-state index contributed by atoms with van der Waals surface area (Å²) in [6.45, 7) is 5.56. The third-order valence-corrected chi connectivity index (χ3v) is 4.72. The van der Waals surface area contributed by atoms with E-state index in [0.29, 0.717) is 16.8 Å². The van der Waals surface area contributed by atoms with Crippen LogP contribution in [-0.4, -0.2) is 43.5 Å². The minimum atomic E-state index is -0.511. The Morgan fingerprint density at radius 2 is 2.03 bits per heavy atom. The zero-order valence-corrected chi connectivity index (χ0v) is 18.0. The van der Waals surface area contributed by atoms with Crippen LogP contribution in [0, 0.1) is 0 Å². The molecule has 0 bridgehead atoms. The first-order chi connectivity index (χ1) is 13.7. The number of nitrogens with zero attached hydrogens (tertiary/aromatic N) is 4. The number of nitrogens with one attached hydrogen (secondary N) is 3. The van der Waals surface area contributed by atoms with Crippen LogP contribution in [0.5, 0.6) is 0 Å². The maximum Gasteiger partial charge on any atom is 0.407 e. The van der Waals surface area contributed by atoms with Gasteiger partial charge < -0.3 is 20.7 Å². The van der Waals surface area contributed by atoms with Gasteiger partial charge in [0.25, 0.3) is 0 Å². The first kappa shape index (κ1) is 21.2. The van der Waals surface area contributed by atoms with Crippen molar-refractivity contribution in [3.05, 3.63) is 23.6 Å². The van der Waals surface area contributed by atoms with Crippen LogP contribution in [0.15, 0.2) is 18.6 Å². The minimum absolute atomic E-state index is 0.0460. The average Bonchev–Trinajstić information content (AvgIpc) is 3.01. The van der Waals surface area contributed by atoms with Gasteiger partial charge in [-0.05, 0) is 46.5 Å². The van der Waals surface area contributed by atoms with Gasteiger partial charge >= 0.3 is 6.09 Å². The summed E-state index contributed by atoms with van der Waals surface area (Å²) in [6, 6.07) is 0.187. The van der Waals surface area contributed by atoms with E-state index in [1.165, 1.54) is 0 Å². The molecule has 3 N–H and O–H groups in total. The molecule has 1 aliphatic carbocycles. The minimum Gasteiger partial charge on any atom is -0.444 e. The van der Waals surface area contributed by atoms with Crippen LogP contribution in [-0.2, 0) is 11.8 Å². The third-order valence-electron chi connectivity index (χ3n) is 4.44. The van der Waals surface area contributed by atoms with Crippen LogP contribution in [0.4, 0.5) is 22.2 Å². The number of rotatable bonds is 5. The zero-order chi connectivity index (χ0) is 21.0. The average molecular weight is 422 g/mol. The molecule has 0 saturated heterocycles. The number of alkyl carbamates (subject to hydrolysis) is 1. The van der Waals surface area contributed by atoms with Crippen molar-refractivity contribution >= 4 is 35.1 Å². The van der Waals surface area contributed by atoms with E-state index in [9.17, 15) is 4.79 Å². The summed E-state index contributed by atoms with van der Waals surface area (Å²) in [5.41, 5.74) is 0.280. The number of aromatic nitrogens is 4. The first-order valence-corrected chi connectivity index (χ1v) is 10.1. The monoisotopic (exact) mass is 421 g/mol. The Balaban J connectivity index is 1.60. The van der Waals surface area contributed by atoms with Gasteiger partial charge in [-0.3, -0.25) is 4.68 Å². The number of ether oxygens (including phenoxy) is 1. The maximum atomic E-state index is 12.1. The maximum absolute atomic E-state index is 12.1. The molecule has 0 radical (unpaired) electrons. The van der Waals surface area contributed by atoms with Gasteiger partial charge in [0.05, 0.1) is 18.1 Å². The van der Waals surface area contributed by atoms with Crippen molar-refractivity contribution < 1.29 is 9.53 Å². The molecule has 0 aliphatic heterocycles. The molecule has 1 aliphatic rings. The number of carbonyl (C=O) groups excluding carboxylic acids is 1. The molecule has 2 atom stereocenters. The van der Waals surface area contributed by atoms with Gasteiger partial charge in [-0.2, -0.15) is 10.1 Å². The molecule has 0 spiro atoms. The van der Waals surface area contributed by atoms with E-state index < -0.39 is 5.60 Å². The molecule has 1 fully saturated rings. The molecular formula is C19H28ClN7O2. The number of halogens is 1. The number of hydrogen-bond donors (Lipinski definition) is 3. The summed E-state index contributed by atoms with van der Waals surface area (Å²) in [5.74, 6) is 1.00. The highest BCUT2D eigenvalue weighted by atomic mass is 35.5. The lowest BCUT2D eigenvalue weighted by Gasteiger charge is -2.31. The van der Waals surface area contributed by atoms with Crippen molar-refractivity contribution in [2.24, 2.45) is 7.05 Å². The molecule has 0 unspecified atom stereocenters. The Labute approximate surface area is 175 Å². The van der Waals surface area contributed by atoms with E-state index in [4.69, 9.17) is 16.3 Å². The highest BCUT2D eigenvalue weighted by molar-refractivity contribution is 6.32. The number of anilines is 3. The summed E-state index contributed by atoms with van der Waals surface area (Å²) in [5, 5.41) is 14.0. The second kappa shape index (κ2) is 8.86. The molecule has 158 valence electrons. The molecule has 2 aromatic rings. The van der Waals surface area contributed by atoms with Crippen LogP contribution in [0.3, 0.4) is 0 Å². The van der Waals surface area contributed by atoms with Crippen LogP contribution in [0.25, 0.3) is 0 Å². The van der Waals surface area contributed by atoms with Crippen molar-refractivity contribution in [1.29, 1.82) is 0 Å². The summed E-state index contributed by atoms with van der Waals surface area (Å²) in [6.07, 6.45) is 8.35. The largest absolute Gasteiger partial charge is 0.444 e. The lowest BCUT2D eigenvalue weighted by atomic mass is 9.91. The second-order valence-electron chi connectivity index (χ2n) is 8.27. The normalized spacial score (nSPS) is 19.5. The smallest absolute Gasteiger partial charge is 0.407 e. The van der Waals surface area contributed by atoms with Crippen molar-refractivity contribution in [3.8, 4) is 0 Å². The van der Waals surface area contributed by atoms with Gasteiger partial charge in [-0.25, -0.2) is 9.78 Å². The van der Waals surface area contributed by atoms with Crippen molar-refractivity contribution in [2.75, 3.05) is 10.6 Å². The van der Waals surface area contributed by atoms with Gasteiger partial charge in [-0.1, -0.05) is 11.6 Å². The molecule has 2 heterocycles. The van der Waals surface area contributed by atoms with Gasteiger partial charge in [-0.15, -0.1) is 0 Å². The van der Waals surface area contributed by atoms with Gasteiger partial charge in [0.15, 0.2) is 5.82 Å². The van der Waals surface area contributed by atoms with E-state index in [1.807, 2.05) is 34.0 Å². The molecule has 3 rings (SSSR count). The fourth-order valence-corrected chi connectivity index (χ4v) is 3.41. The molecule has 1 saturated carbocycles. The molecule has 9 nitrogen and oxygen atoms in total. The van der Waals surface area contributed by atoms with E-state index >= 15 is 0 Å². The SMILES string of the molecule is Cn1cc(Nc2ncc(Cl)c(N[C@@H]3CCC[C@H](NC(=O)OC(C)(C)C)C3)n2)cn1. The summed E-state index contributed by atoms with van der Waals surface area (Å²) in [7, 11) is 1.84. The van der Waals surface area contributed by atoms with Gasteiger partial charge in [0, 0.05) is 25.3 Å². The lowest BCUT2D eigenvalue weighted by Crippen LogP contribution is -2.44. The quantitative estimate of drug-likeness (QED) is 0.673. The Kier molecular flexibility index (Phi) is 6.46. The van der Waals surface area contributed by atoms with Crippen LogP contribution < -0.4 is 16.0 Å². The number of carbonyl (C=O) groups is 1. The summed E-state index contributed by atoms with van der Waals surface area (Å²) < 4.78 is 7.05. The summed E-state index contributed by atoms with van der Waals surface area (Å²) >= 11 is 6.29. The fraction of sp³-hybridized carbons (Fsp3) is 0.579. The number of amides is 1. The van der Waals surface area contributed by atoms with Gasteiger partial charge in [0.1, 0.15) is 10.6 Å². The van der Waals surface area contributed by atoms with E-state index in [1.54, 1.807) is 17.1 Å². The van der Waals surface area contributed by atoms with Crippen LogP contribution in [0.2, 0.25) is 5.02 Å². The van der Waals surface area contributed by atoms with E-state index in [2.05, 4.69) is 31.0 Å². The highest BCUT2D eigenvalue weighted by Gasteiger charge is 2.26. The van der Waals surface area contributed by atoms with Crippen molar-refractivity contribution in [2.45, 2.75) is 64.1 Å². The lowest BCUT2D eigenvalue weighted by molar-refractivity contribution is 0.0492. The predicted molar refractivity (Wildman–Crippen MR) is 113 cm³/mol. The van der Waals surface area contributed by atoms with Crippen LogP contribution in [0.1, 0.15) is 46.5 Å². The first-order valence-electron chi connectivity index (χ1n) is 9.72. The molecule has 0 aromatic carbocycles. The van der Waals surface area contributed by atoms with Crippen LogP contribution >= 0.6 is 11.6 Å². The number of aryl methyl sites for hydroxylation is 1. The van der Waals surface area contributed by atoms with Crippen molar-refractivity contribution in [3.63, 3.8) is 0 Å². The Morgan fingerprint density at radius 1 is 1.28 bits per heavy atom. The van der Waals surface area contributed by atoms with E-state index in [0.717, 1.165) is 31.4 Å². The predicted octanol–water partition coefficient (Wildman–Crippen LogP) is 3.85. The van der Waals surface area contributed by atoms with E-state index in [-0.39, 0.29) is 18.2 Å². The number of hydrogen-bond acceptors (Lipinski definition) is 7. The Morgan fingerprint density at radius 3 is 2.72 bits per heavy atom. The summed E-state index contributed by atoms with van der Waals surface area (Å²) in [4.78, 5) is 20.8. The fourth-order valence-electron chi connectivity index (χ4n) is 3.26. The molecule has 2 aromatic heterocycles. The Hall–Kier alpha value is -2.55. The molecule has 29 heavy (non-hydrogen) atoms. The third kappa shape index (κ3) is 6.49. The zero-order valence-electron chi connectivity index (χ0n) is 17.2. The molecule has 1 amide bonds. The van der Waals surface area contributed by atoms with Gasteiger partial charge in [0.2, 0.25) is 5.95 Å². The highest BCUT2D eigenvalue weighted by Crippen LogP contribution is 2.26. The molecule has 10 heteroatoms. The second-order valence-corrected chi connectivity index (χ2v) is 8.68. The van der Waals surface area contributed by atoms with Crippen molar-refractivity contribution in [1.82, 2.24) is 25.1 Å². The Bertz CT molecular complexity index is 849. The standard InChI is InChI=1S/C19H28ClN7O2/c1-19(2,3)29-18(28)25-13-7-5-6-12(8-13)23-16-15(20)10-21-17(26-16)24-14-9-22-27(4)11-14/h9-13H,5-8H2,1-4H3,(H,25,28)(H2,21,23,24,26)/t12-,13+/m1/s1. The topological polar surface area (TPSA) is 106 Å². The molecular weight excluding hydrogens is 394 g/mol.